The first-order valence-corrected chi connectivity index (χ1v) is 12.7. The van der Waals surface area contributed by atoms with E-state index in [1.165, 1.54) is 16.8 Å². The monoisotopic (exact) mass is 481 g/mol. The molecule has 0 unspecified atom stereocenters. The van der Waals surface area contributed by atoms with Crippen molar-refractivity contribution in [3.63, 3.8) is 0 Å². The maximum atomic E-state index is 5.45. The van der Waals surface area contributed by atoms with Gasteiger partial charge in [-0.05, 0) is 66.4 Å². The van der Waals surface area contributed by atoms with Crippen molar-refractivity contribution in [3.8, 4) is 11.3 Å². The van der Waals surface area contributed by atoms with Crippen LogP contribution in [0.15, 0.2) is 55.0 Å². The highest BCUT2D eigenvalue weighted by atomic mass is 16.5. The van der Waals surface area contributed by atoms with Crippen molar-refractivity contribution in [3.05, 3.63) is 71.7 Å². The quantitative estimate of drug-likeness (QED) is 0.447. The molecule has 0 aliphatic carbocycles. The zero-order valence-corrected chi connectivity index (χ0v) is 20.7. The molecule has 0 bridgehead atoms. The van der Waals surface area contributed by atoms with Crippen molar-refractivity contribution in [2.45, 2.75) is 19.9 Å². The Bertz CT molecular complexity index is 1360. The lowest BCUT2D eigenvalue weighted by molar-refractivity contribution is 0.0398. The lowest BCUT2D eigenvalue weighted by Crippen LogP contribution is -2.39. The van der Waals surface area contributed by atoms with Crippen LogP contribution in [0.5, 0.6) is 0 Å². The topological polar surface area (TPSA) is 79.3 Å². The highest BCUT2D eigenvalue weighted by molar-refractivity contribution is 5.94. The molecule has 6 rings (SSSR count). The van der Waals surface area contributed by atoms with Crippen LogP contribution >= 0.6 is 0 Å². The molecule has 1 saturated heterocycles. The maximum absolute atomic E-state index is 5.45. The Labute approximate surface area is 211 Å². The van der Waals surface area contributed by atoms with E-state index in [1.54, 1.807) is 12.5 Å². The number of hydrogen-bond acceptors (Lipinski definition) is 8. The summed E-state index contributed by atoms with van der Waals surface area (Å²) in [7, 11) is 0. The van der Waals surface area contributed by atoms with Crippen molar-refractivity contribution in [1.82, 2.24) is 25.1 Å². The Morgan fingerprint density at radius 1 is 1.00 bits per heavy atom. The maximum Gasteiger partial charge on any atom is 0.140 e. The first-order chi connectivity index (χ1) is 17.7. The highest BCUT2D eigenvalue weighted by Gasteiger charge is 2.21. The largest absolute Gasteiger partial charge is 0.384 e. The summed E-state index contributed by atoms with van der Waals surface area (Å²) >= 11 is 0. The first kappa shape index (κ1) is 22.8. The molecule has 8 nitrogen and oxygen atoms in total. The molecule has 0 amide bonds. The van der Waals surface area contributed by atoms with Gasteiger partial charge in [-0.2, -0.15) is 10.2 Å². The van der Waals surface area contributed by atoms with E-state index in [-0.39, 0.29) is 0 Å². The van der Waals surface area contributed by atoms with Gasteiger partial charge in [0.25, 0.3) is 0 Å². The van der Waals surface area contributed by atoms with Gasteiger partial charge in [-0.1, -0.05) is 6.07 Å². The minimum Gasteiger partial charge on any atom is -0.384 e. The molecule has 4 heterocycles. The summed E-state index contributed by atoms with van der Waals surface area (Å²) in [6, 6.07) is 15.0. The van der Waals surface area contributed by atoms with Crippen LogP contribution in [0.1, 0.15) is 16.7 Å². The van der Waals surface area contributed by atoms with Crippen LogP contribution in [0.25, 0.3) is 22.2 Å². The lowest BCUT2D eigenvalue weighted by atomic mass is 9.98. The van der Waals surface area contributed by atoms with E-state index in [9.17, 15) is 0 Å². The molecule has 0 spiro atoms. The van der Waals surface area contributed by atoms with Crippen molar-refractivity contribution in [2.75, 3.05) is 56.2 Å². The van der Waals surface area contributed by atoms with Gasteiger partial charge in [-0.25, -0.2) is 9.97 Å². The first-order valence-electron chi connectivity index (χ1n) is 12.7. The van der Waals surface area contributed by atoms with E-state index >= 15 is 0 Å². The number of nitrogens with one attached hydrogen (secondary N) is 1. The van der Waals surface area contributed by atoms with Crippen molar-refractivity contribution in [2.24, 2.45) is 0 Å². The summed E-state index contributed by atoms with van der Waals surface area (Å²) in [6.07, 6.45) is 4.38. The summed E-state index contributed by atoms with van der Waals surface area (Å²) in [6.45, 7) is 9.54. The summed E-state index contributed by atoms with van der Waals surface area (Å²) in [5.74, 6) is 0.977. The van der Waals surface area contributed by atoms with Crippen molar-refractivity contribution < 1.29 is 4.74 Å². The van der Waals surface area contributed by atoms with Crippen LogP contribution in [-0.2, 0) is 17.7 Å². The molecule has 0 saturated carbocycles. The predicted molar refractivity (Wildman–Crippen MR) is 142 cm³/mol. The molecule has 0 atom stereocenters. The minimum atomic E-state index is 0.828. The number of rotatable bonds is 6. The van der Waals surface area contributed by atoms with Crippen molar-refractivity contribution in [1.29, 1.82) is 0 Å². The summed E-state index contributed by atoms with van der Waals surface area (Å²) < 4.78 is 5.45. The number of benzene rings is 2. The number of nitrogens with zero attached hydrogens (tertiary/aromatic N) is 6. The molecule has 2 aromatic heterocycles. The fraction of sp³-hybridized carbons (Fsp3) is 0.357. The second-order valence-corrected chi connectivity index (χ2v) is 9.53. The number of hydrogen-bond donors (Lipinski definition) is 1. The molecule has 2 aliphatic heterocycles. The number of anilines is 2. The lowest BCUT2D eigenvalue weighted by Gasteiger charge is -2.31. The third-order valence-corrected chi connectivity index (χ3v) is 7.16. The Hall–Kier alpha value is -3.62. The van der Waals surface area contributed by atoms with E-state index in [0.717, 1.165) is 92.4 Å². The van der Waals surface area contributed by atoms with Gasteiger partial charge in [-0.15, -0.1) is 0 Å². The molecule has 0 radical (unpaired) electrons. The molecule has 184 valence electrons. The van der Waals surface area contributed by atoms with Gasteiger partial charge in [0.15, 0.2) is 0 Å². The standard InChI is InChI=1S/C28H31N7O/c1-20-15-22(26-3-2-7-32-33-26)17-25-27(20)30-19-31-28(25)35-9-6-21-4-5-24(16-23(21)18-35)29-8-10-34-11-13-36-14-12-34/h2-5,7,15-17,19,29H,6,8-14,18H2,1H3. The Kier molecular flexibility index (Phi) is 6.44. The van der Waals surface area contributed by atoms with Crippen LogP contribution in [0.3, 0.4) is 0 Å². The zero-order valence-electron chi connectivity index (χ0n) is 20.7. The number of morpholine rings is 1. The van der Waals surface area contributed by atoms with Gasteiger partial charge >= 0.3 is 0 Å². The number of ether oxygens (including phenoxy) is 1. The molecule has 1 N–H and O–H groups in total. The predicted octanol–water partition coefficient (Wildman–Crippen LogP) is 3.70. The van der Waals surface area contributed by atoms with Gasteiger partial charge < -0.3 is 15.0 Å². The van der Waals surface area contributed by atoms with E-state index in [1.807, 2.05) is 12.1 Å². The minimum absolute atomic E-state index is 0.828. The number of aryl methyl sites for hydroxylation is 1. The van der Waals surface area contributed by atoms with Crippen LogP contribution in [0.4, 0.5) is 11.5 Å². The normalized spacial score (nSPS) is 16.2. The SMILES string of the molecule is Cc1cc(-c2cccnn2)cc2c(N3CCc4ccc(NCCN5CCOCC5)cc4C3)ncnc12. The van der Waals surface area contributed by atoms with E-state index in [0.29, 0.717) is 0 Å². The fourth-order valence-electron chi connectivity index (χ4n) is 5.22. The molecule has 36 heavy (non-hydrogen) atoms. The van der Waals surface area contributed by atoms with Gasteiger partial charge in [0.2, 0.25) is 0 Å². The van der Waals surface area contributed by atoms with Crippen LogP contribution < -0.4 is 10.2 Å². The van der Waals surface area contributed by atoms with E-state index in [2.05, 4.69) is 67.6 Å². The third-order valence-electron chi connectivity index (χ3n) is 7.16. The van der Waals surface area contributed by atoms with Crippen LogP contribution in [0, 0.1) is 6.92 Å². The zero-order chi connectivity index (χ0) is 24.3. The summed E-state index contributed by atoms with van der Waals surface area (Å²) in [5.41, 5.74) is 7.93. The van der Waals surface area contributed by atoms with Gasteiger partial charge in [-0.3, -0.25) is 4.90 Å². The molecular weight excluding hydrogens is 450 g/mol. The van der Waals surface area contributed by atoms with Crippen LogP contribution in [-0.4, -0.2) is 71.0 Å². The average molecular weight is 482 g/mol. The molecule has 1 fully saturated rings. The average Bonchev–Trinajstić information content (AvgIpc) is 2.93. The molecule has 2 aromatic carbocycles. The number of fused-ring (bicyclic) bond motifs is 2. The second kappa shape index (κ2) is 10.2. The Morgan fingerprint density at radius 2 is 1.92 bits per heavy atom. The van der Waals surface area contributed by atoms with Crippen molar-refractivity contribution >= 4 is 22.4 Å². The van der Waals surface area contributed by atoms with Crippen LogP contribution in [0.2, 0.25) is 0 Å². The van der Waals surface area contributed by atoms with Gasteiger partial charge in [0, 0.05) is 62.1 Å². The molecular formula is C28H31N7O. The third kappa shape index (κ3) is 4.74. The number of aromatic nitrogens is 4. The second-order valence-electron chi connectivity index (χ2n) is 9.53. The molecule has 4 aromatic rings. The summed E-state index contributed by atoms with van der Waals surface area (Å²) in [5, 5.41) is 13.0. The summed E-state index contributed by atoms with van der Waals surface area (Å²) in [4.78, 5) is 14.2. The Balaban J connectivity index is 1.24. The van der Waals surface area contributed by atoms with E-state index < -0.39 is 0 Å². The van der Waals surface area contributed by atoms with E-state index in [4.69, 9.17) is 9.72 Å². The molecule has 8 heteroatoms. The van der Waals surface area contributed by atoms with Gasteiger partial charge in [0.1, 0.15) is 12.1 Å². The molecule has 2 aliphatic rings. The fourth-order valence-corrected chi connectivity index (χ4v) is 5.22. The van der Waals surface area contributed by atoms with Gasteiger partial charge in [0.05, 0.1) is 24.4 Å². The smallest absolute Gasteiger partial charge is 0.140 e. The Morgan fingerprint density at radius 3 is 2.78 bits per heavy atom. The highest BCUT2D eigenvalue weighted by Crippen LogP contribution is 2.33.